The molecule has 3 atom stereocenters. The Labute approximate surface area is 704 Å². The fourth-order valence-corrected chi connectivity index (χ4v) is 16.4. The molecular formula is C84H91Cl3F3N19O11. The first-order valence-electron chi connectivity index (χ1n) is 38.9. The van der Waals surface area contributed by atoms with Gasteiger partial charge in [-0.1, -0.05) is 108 Å². The highest BCUT2D eigenvalue weighted by atomic mass is 35.5. The molecule has 0 radical (unpaired) electrons. The van der Waals surface area contributed by atoms with Gasteiger partial charge < -0.3 is 91.4 Å². The number of nitrogens with one attached hydrogen (secondary N) is 1. The van der Waals surface area contributed by atoms with Crippen molar-refractivity contribution < 1.29 is 66.7 Å². The van der Waals surface area contributed by atoms with Gasteiger partial charge >= 0.3 is 30.1 Å². The molecule has 6 aromatic carbocycles. The van der Waals surface area contributed by atoms with Crippen LogP contribution in [0.4, 0.5) is 51.0 Å². The Morgan fingerprint density at radius 2 is 0.725 bits per heavy atom. The van der Waals surface area contributed by atoms with Crippen LogP contribution in [0.1, 0.15) is 87.1 Å². The molecule has 3 fully saturated rings. The summed E-state index contributed by atoms with van der Waals surface area (Å²) in [6.45, 7) is 4.99. The Balaban J connectivity index is 0.000000156. The summed E-state index contributed by atoms with van der Waals surface area (Å²) in [6, 6.07) is 25.8. The summed E-state index contributed by atoms with van der Waals surface area (Å²) in [5, 5.41) is 36.2. The average Bonchev–Trinajstić information content (AvgIpc) is 0.753. The number of rotatable bonds is 18. The number of aliphatic hydroxyl groups excluding tert-OH is 3. The van der Waals surface area contributed by atoms with Gasteiger partial charge in [-0.25, -0.2) is 32.5 Å². The number of aromatic nitrogens is 6. The molecule has 0 spiro atoms. The third-order valence-electron chi connectivity index (χ3n) is 21.8. The molecule has 3 saturated heterocycles. The number of urea groups is 3. The monoisotopic (exact) mass is 1700 g/mol. The van der Waals surface area contributed by atoms with Crippen LogP contribution in [-0.4, -0.2) is 251 Å². The number of carbonyl (C=O) groups excluding carboxylic acids is 6. The second-order valence-corrected chi connectivity index (χ2v) is 31.4. The smallest absolute Gasteiger partial charge is 0.319 e. The summed E-state index contributed by atoms with van der Waals surface area (Å²) in [7, 11) is 9.94. The van der Waals surface area contributed by atoms with Crippen LogP contribution in [0.5, 0.6) is 12.0 Å². The largest absolute Gasteiger partial charge is 0.512 e. The number of hydrogen-bond donors (Lipinski definition) is 7. The van der Waals surface area contributed by atoms with Crippen molar-refractivity contribution in [3.63, 3.8) is 0 Å². The number of allylic oxidation sites excluding steroid dienone is 6. The molecule has 30 nitrogen and oxygen atoms in total. The Hall–Kier alpha value is -12.4. The van der Waals surface area contributed by atoms with E-state index in [-0.39, 0.29) is 140 Å². The third-order valence-corrected chi connectivity index (χ3v) is 22.8. The predicted octanol–water partition coefficient (Wildman–Crippen LogP) is 10.9. The van der Waals surface area contributed by atoms with Crippen LogP contribution >= 0.6 is 34.8 Å². The molecule has 0 unspecified atom stereocenters. The summed E-state index contributed by atoms with van der Waals surface area (Å²) >= 11 is 20.3. The first kappa shape index (κ1) is 85.5. The zero-order valence-corrected chi connectivity index (χ0v) is 69.1. The Kier molecular flexibility index (Phi) is 26.3. The SMILES string of the molecule is CN(C)C(=O)CCNc1nc(N2CCN(C(N)=O)CC2)c2cc(Cl)c([C@@H]3C=C(O)Cc4ccccc43)c(F)c2n1.CN(C)C(=O)CCOc1nc(N2CCN(C(N)=O)CC2)c2cc(Cl)c([C@@H]3C=C(O)Cc4ccccc43)c(F)c2n1.CN(C)C(=O)CCOc1nc(N2CCN(C(N)=O)CC2)c2cc(Cl)c([C@@H]3C=C(O)Cc4ccccc43)c(F)c2n1. The number of primary amides is 3. The summed E-state index contributed by atoms with van der Waals surface area (Å²) in [4.78, 5) is 113. The van der Waals surface area contributed by atoms with Gasteiger partial charge in [0, 0.05) is 219 Å². The van der Waals surface area contributed by atoms with Crippen LogP contribution in [-0.2, 0) is 33.6 Å². The van der Waals surface area contributed by atoms with E-state index >= 15 is 13.2 Å². The number of anilines is 4. The molecular weight excluding hydrogens is 1610 g/mol. The summed E-state index contributed by atoms with van der Waals surface area (Å²) in [6.07, 6.45) is 6.30. The van der Waals surface area contributed by atoms with Crippen molar-refractivity contribution in [2.75, 3.05) is 161 Å². The standard InChI is InChI=1S/C28H31ClFN7O3.2C28H30ClFN6O4/c1-35(2)22(39)7-8-32-28-33-25-20(26(34-28)36-9-11-37(12-10-36)27(31)40)15-21(29)23(24(25)30)19-14-17(38)13-16-5-3-4-6-18(16)19;2*1-34(2)22(38)7-12-40-28-32-25-20(26(33-28)35-8-10-36(11-9-35)27(31)39)15-21(29)23(24(25)30)19-14-17(37)13-16-5-3-4-6-18(16)19/h3-6,14-15,19,38H,7-13H2,1-2H3,(H2,31,40)(H,32,33,34);2*3-6,14-15,19,37H,7-13H2,1-2H3,(H2,31,39)/t3*19-/m111/s1. The number of fused-ring (bicyclic) bond motifs is 6. The quantitative estimate of drug-likeness (QED) is 0.0419. The number of halogens is 6. The minimum absolute atomic E-state index is 0.00604. The van der Waals surface area contributed by atoms with Gasteiger partial charge in [-0.3, -0.25) is 14.4 Å². The van der Waals surface area contributed by atoms with Gasteiger partial charge in [0.25, 0.3) is 0 Å². The molecule has 0 saturated carbocycles. The molecule has 36 heteroatoms. The Morgan fingerprint density at radius 1 is 0.433 bits per heavy atom. The van der Waals surface area contributed by atoms with E-state index in [1.165, 1.54) is 29.4 Å². The Bertz CT molecular complexity index is 5050. The van der Waals surface area contributed by atoms with E-state index in [0.29, 0.717) is 131 Å². The first-order chi connectivity index (χ1) is 57.4. The molecule has 6 heterocycles. The highest BCUT2D eigenvalue weighted by Gasteiger charge is 2.36. The molecule has 0 bridgehead atoms. The lowest BCUT2D eigenvalue weighted by molar-refractivity contribution is -0.130. The lowest BCUT2D eigenvalue weighted by atomic mass is 9.82. The zero-order chi connectivity index (χ0) is 85.7. The van der Waals surface area contributed by atoms with Gasteiger partial charge in [-0.05, 0) is 69.8 Å². The number of hydrogen-bond acceptors (Lipinski definition) is 21. The van der Waals surface area contributed by atoms with E-state index in [1.54, 1.807) is 78.7 Å². The molecule has 6 aliphatic rings. The Morgan fingerprint density at radius 3 is 1.03 bits per heavy atom. The number of nitrogens with zero attached hydrogens (tertiary/aromatic N) is 15. The summed E-state index contributed by atoms with van der Waals surface area (Å²) in [5.74, 6) is -2.27. The van der Waals surface area contributed by atoms with Crippen LogP contribution in [0.25, 0.3) is 32.7 Å². The van der Waals surface area contributed by atoms with Crippen LogP contribution in [0, 0.1) is 17.5 Å². The molecule has 15 rings (SSSR count). The van der Waals surface area contributed by atoms with Gasteiger partial charge in [-0.2, -0.15) is 24.9 Å². The lowest BCUT2D eigenvalue weighted by Crippen LogP contribution is -2.50. The third kappa shape index (κ3) is 18.7. The van der Waals surface area contributed by atoms with Gasteiger partial charge in [0.15, 0.2) is 17.5 Å². The number of benzene rings is 6. The van der Waals surface area contributed by atoms with Crippen molar-refractivity contribution in [1.29, 1.82) is 0 Å². The normalized spacial score (nSPS) is 16.9. The van der Waals surface area contributed by atoms with Crippen molar-refractivity contribution >= 4 is 127 Å². The van der Waals surface area contributed by atoms with Crippen LogP contribution in [0.15, 0.2) is 127 Å². The second kappa shape index (κ2) is 36.9. The maximum atomic E-state index is 16.5. The minimum Gasteiger partial charge on any atom is -0.512 e. The average molecular weight is 1710 g/mol. The number of amides is 9. The maximum absolute atomic E-state index is 16.5. The molecule has 9 aromatic rings. The van der Waals surface area contributed by atoms with E-state index in [2.05, 4.69) is 35.2 Å². The van der Waals surface area contributed by atoms with Crippen molar-refractivity contribution in [2.45, 2.75) is 56.3 Å². The van der Waals surface area contributed by atoms with Crippen LogP contribution < -0.4 is 46.7 Å². The van der Waals surface area contributed by atoms with Crippen LogP contribution in [0.2, 0.25) is 15.1 Å². The number of nitrogens with two attached hydrogens (primary N) is 3. The number of piperazine rings is 3. The first-order valence-corrected chi connectivity index (χ1v) is 40.0. The molecule has 630 valence electrons. The van der Waals surface area contributed by atoms with Crippen molar-refractivity contribution in [1.82, 2.24) is 59.3 Å². The fraction of sp³-hybridized carbons (Fsp3) is 0.357. The van der Waals surface area contributed by atoms with E-state index in [1.807, 2.05) is 87.5 Å². The predicted molar refractivity (Wildman–Crippen MR) is 451 cm³/mol. The van der Waals surface area contributed by atoms with E-state index in [0.717, 1.165) is 33.4 Å². The van der Waals surface area contributed by atoms with Gasteiger partial charge in [0.1, 0.15) is 47.2 Å². The van der Waals surface area contributed by atoms with E-state index in [4.69, 9.17) is 61.5 Å². The highest BCUT2D eigenvalue weighted by Crippen LogP contribution is 2.47. The topological polar surface area (TPSA) is 378 Å². The minimum atomic E-state index is -0.651. The maximum Gasteiger partial charge on any atom is 0.319 e. The highest BCUT2D eigenvalue weighted by molar-refractivity contribution is 6.33. The number of carbonyl (C=O) groups is 6. The molecule has 9 amide bonds. The second-order valence-electron chi connectivity index (χ2n) is 30.2. The molecule has 3 aromatic heterocycles. The number of aliphatic hydroxyl groups is 3. The van der Waals surface area contributed by atoms with Crippen molar-refractivity contribution in [3.05, 3.63) is 209 Å². The van der Waals surface area contributed by atoms with Crippen molar-refractivity contribution in [2.24, 2.45) is 17.2 Å². The zero-order valence-electron chi connectivity index (χ0n) is 66.8. The summed E-state index contributed by atoms with van der Waals surface area (Å²) in [5.41, 5.74) is 22.2. The van der Waals surface area contributed by atoms with E-state index in [9.17, 15) is 44.1 Å². The summed E-state index contributed by atoms with van der Waals surface area (Å²) < 4.78 is 61.0. The van der Waals surface area contributed by atoms with Crippen molar-refractivity contribution in [3.8, 4) is 12.0 Å². The van der Waals surface area contributed by atoms with Gasteiger partial charge in [0.2, 0.25) is 23.7 Å². The molecule has 120 heavy (non-hydrogen) atoms. The lowest BCUT2D eigenvalue weighted by Gasteiger charge is -2.35. The molecule has 3 aliphatic carbocycles. The number of ether oxygens (including phenoxy) is 2. The molecule has 10 N–H and O–H groups in total. The van der Waals surface area contributed by atoms with E-state index < -0.39 is 53.3 Å². The fourth-order valence-electron chi connectivity index (χ4n) is 15.5. The van der Waals surface area contributed by atoms with Gasteiger partial charge in [0.05, 0.1) is 30.1 Å². The van der Waals surface area contributed by atoms with Gasteiger partial charge in [-0.15, -0.1) is 0 Å². The van der Waals surface area contributed by atoms with Crippen LogP contribution in [0.3, 0.4) is 0 Å². The molecule has 3 aliphatic heterocycles.